The number of nitrogens with one attached hydrogen (secondary N) is 1. The normalized spacial score (nSPS) is 11.4. The predicted molar refractivity (Wildman–Crippen MR) is 115 cm³/mol. The molecule has 0 saturated heterocycles. The van der Waals surface area contributed by atoms with E-state index in [4.69, 9.17) is 4.74 Å². The van der Waals surface area contributed by atoms with Crippen LogP contribution in [0, 0.1) is 0 Å². The number of para-hydroxylation sites is 1. The highest BCUT2D eigenvalue weighted by Crippen LogP contribution is 2.31. The number of esters is 1. The first-order chi connectivity index (χ1) is 15.4. The number of ether oxygens (including phenoxy) is 1. The van der Waals surface area contributed by atoms with E-state index in [1.54, 1.807) is 36.4 Å². The third kappa shape index (κ3) is 4.39. The van der Waals surface area contributed by atoms with Crippen molar-refractivity contribution in [1.82, 2.24) is 9.97 Å². The summed E-state index contributed by atoms with van der Waals surface area (Å²) >= 11 is 0. The molecule has 0 bridgehead atoms. The van der Waals surface area contributed by atoms with Crippen LogP contribution in [-0.4, -0.2) is 23.0 Å². The summed E-state index contributed by atoms with van der Waals surface area (Å²) in [6, 6.07) is 21.1. The molecule has 0 aliphatic heterocycles. The molecule has 4 rings (SSSR count). The van der Waals surface area contributed by atoms with Crippen molar-refractivity contribution in [1.29, 1.82) is 0 Å². The standard InChI is InChI=1S/C24H18F3N3O2/c1-32-22(31)19-13-15(11-12-17(19)16-7-3-2-4-8-16)14-28-21-18-9-5-6-10-20(18)29-23(30-21)24(25,26)27/h2-13H,14H2,1H3,(H,28,29,30). The predicted octanol–water partition coefficient (Wildman–Crippen LogP) is 5.71. The summed E-state index contributed by atoms with van der Waals surface area (Å²) in [7, 11) is 1.30. The minimum atomic E-state index is -4.67. The Bertz CT molecular complexity index is 1270. The lowest BCUT2D eigenvalue weighted by atomic mass is 9.97. The van der Waals surface area contributed by atoms with Crippen molar-refractivity contribution in [2.24, 2.45) is 0 Å². The second-order valence-electron chi connectivity index (χ2n) is 7.00. The van der Waals surface area contributed by atoms with Gasteiger partial charge in [0.2, 0.25) is 5.82 Å². The van der Waals surface area contributed by atoms with Gasteiger partial charge in [0, 0.05) is 11.9 Å². The molecule has 0 saturated carbocycles. The van der Waals surface area contributed by atoms with Crippen molar-refractivity contribution in [3.05, 3.63) is 89.7 Å². The van der Waals surface area contributed by atoms with Gasteiger partial charge in [-0.25, -0.2) is 14.8 Å². The van der Waals surface area contributed by atoms with Crippen molar-refractivity contribution >= 4 is 22.7 Å². The maximum atomic E-state index is 13.2. The van der Waals surface area contributed by atoms with Crippen LogP contribution in [0.5, 0.6) is 0 Å². The van der Waals surface area contributed by atoms with Crippen molar-refractivity contribution < 1.29 is 22.7 Å². The van der Waals surface area contributed by atoms with E-state index < -0.39 is 18.0 Å². The number of benzene rings is 3. The number of nitrogens with zero attached hydrogens (tertiary/aromatic N) is 2. The van der Waals surface area contributed by atoms with Crippen LogP contribution in [0.1, 0.15) is 21.7 Å². The molecule has 162 valence electrons. The number of hydrogen-bond donors (Lipinski definition) is 1. The van der Waals surface area contributed by atoms with Gasteiger partial charge >= 0.3 is 12.1 Å². The van der Waals surface area contributed by atoms with Gasteiger partial charge in [0.1, 0.15) is 5.82 Å². The van der Waals surface area contributed by atoms with Crippen LogP contribution in [-0.2, 0) is 17.5 Å². The van der Waals surface area contributed by atoms with Gasteiger partial charge in [-0.1, -0.05) is 54.6 Å². The molecular formula is C24H18F3N3O2. The first-order valence-electron chi connectivity index (χ1n) is 9.71. The summed E-state index contributed by atoms with van der Waals surface area (Å²) in [5.41, 5.74) is 2.78. The summed E-state index contributed by atoms with van der Waals surface area (Å²) < 4.78 is 44.6. The summed E-state index contributed by atoms with van der Waals surface area (Å²) in [4.78, 5) is 19.7. The minimum Gasteiger partial charge on any atom is -0.465 e. The van der Waals surface area contributed by atoms with Crippen LogP contribution in [0.3, 0.4) is 0 Å². The smallest absolute Gasteiger partial charge is 0.451 e. The van der Waals surface area contributed by atoms with Crippen molar-refractivity contribution in [2.45, 2.75) is 12.7 Å². The molecular weight excluding hydrogens is 419 g/mol. The highest BCUT2D eigenvalue weighted by molar-refractivity contribution is 5.97. The Hall–Kier alpha value is -3.94. The second-order valence-corrected chi connectivity index (χ2v) is 7.00. The fraction of sp³-hybridized carbons (Fsp3) is 0.125. The van der Waals surface area contributed by atoms with Gasteiger partial charge in [-0.2, -0.15) is 13.2 Å². The molecule has 0 fully saturated rings. The Balaban J connectivity index is 1.69. The topological polar surface area (TPSA) is 64.1 Å². The zero-order chi connectivity index (χ0) is 22.7. The lowest BCUT2D eigenvalue weighted by Gasteiger charge is -2.14. The van der Waals surface area contributed by atoms with E-state index in [1.165, 1.54) is 13.2 Å². The number of hydrogen-bond acceptors (Lipinski definition) is 5. The molecule has 0 unspecified atom stereocenters. The molecule has 0 spiro atoms. The molecule has 3 aromatic carbocycles. The Labute approximate surface area is 181 Å². The highest BCUT2D eigenvalue weighted by atomic mass is 19.4. The van der Waals surface area contributed by atoms with Gasteiger partial charge in [0.05, 0.1) is 18.2 Å². The molecule has 32 heavy (non-hydrogen) atoms. The number of carbonyl (C=O) groups is 1. The lowest BCUT2D eigenvalue weighted by molar-refractivity contribution is -0.144. The molecule has 0 radical (unpaired) electrons. The van der Waals surface area contributed by atoms with E-state index in [2.05, 4.69) is 15.3 Å². The lowest BCUT2D eigenvalue weighted by Crippen LogP contribution is -2.14. The molecule has 5 nitrogen and oxygen atoms in total. The molecule has 1 aromatic heterocycles. The molecule has 0 amide bonds. The minimum absolute atomic E-state index is 0.0645. The van der Waals surface area contributed by atoms with Crippen LogP contribution in [0.2, 0.25) is 0 Å². The second kappa shape index (κ2) is 8.66. The molecule has 1 heterocycles. The fourth-order valence-corrected chi connectivity index (χ4v) is 3.37. The van der Waals surface area contributed by atoms with Crippen molar-refractivity contribution in [3.8, 4) is 11.1 Å². The summed E-state index contributed by atoms with van der Waals surface area (Å²) in [5.74, 6) is -1.65. The van der Waals surface area contributed by atoms with Gasteiger partial charge in [-0.15, -0.1) is 0 Å². The van der Waals surface area contributed by atoms with Gasteiger partial charge in [0.15, 0.2) is 0 Å². The molecule has 0 aliphatic rings. The Morgan fingerprint density at radius 2 is 1.69 bits per heavy atom. The Morgan fingerprint density at radius 3 is 2.41 bits per heavy atom. The maximum Gasteiger partial charge on any atom is 0.451 e. The van der Waals surface area contributed by atoms with Crippen LogP contribution in [0.4, 0.5) is 19.0 Å². The number of fused-ring (bicyclic) bond motifs is 1. The molecule has 0 aliphatic carbocycles. The summed E-state index contributed by atoms with van der Waals surface area (Å²) in [6.07, 6.45) is -4.67. The number of aromatic nitrogens is 2. The largest absolute Gasteiger partial charge is 0.465 e. The molecule has 8 heteroatoms. The fourth-order valence-electron chi connectivity index (χ4n) is 3.37. The van der Waals surface area contributed by atoms with Crippen molar-refractivity contribution in [2.75, 3.05) is 12.4 Å². The molecule has 4 aromatic rings. The van der Waals surface area contributed by atoms with E-state index in [0.29, 0.717) is 22.1 Å². The van der Waals surface area contributed by atoms with E-state index in [0.717, 1.165) is 5.56 Å². The zero-order valence-electron chi connectivity index (χ0n) is 17.0. The average molecular weight is 437 g/mol. The van der Waals surface area contributed by atoms with Gasteiger partial charge in [-0.3, -0.25) is 0 Å². The zero-order valence-corrected chi connectivity index (χ0v) is 17.0. The molecule has 1 N–H and O–H groups in total. The quantitative estimate of drug-likeness (QED) is 0.405. The number of halogens is 3. The Kier molecular flexibility index (Phi) is 5.77. The number of anilines is 1. The van der Waals surface area contributed by atoms with Gasteiger partial charge < -0.3 is 10.1 Å². The van der Waals surface area contributed by atoms with E-state index in [1.807, 2.05) is 30.3 Å². The van der Waals surface area contributed by atoms with E-state index >= 15 is 0 Å². The average Bonchev–Trinajstić information content (AvgIpc) is 2.81. The van der Waals surface area contributed by atoms with Crippen LogP contribution >= 0.6 is 0 Å². The summed E-state index contributed by atoms with van der Waals surface area (Å²) in [5, 5.41) is 3.42. The van der Waals surface area contributed by atoms with Gasteiger partial charge in [0.25, 0.3) is 0 Å². The van der Waals surface area contributed by atoms with Gasteiger partial charge in [-0.05, 0) is 34.9 Å². The molecule has 0 atom stereocenters. The first kappa shape index (κ1) is 21.3. The third-order valence-electron chi connectivity index (χ3n) is 4.89. The maximum absolute atomic E-state index is 13.2. The number of rotatable bonds is 5. The number of carbonyl (C=O) groups excluding carboxylic acids is 1. The number of alkyl halides is 3. The van der Waals surface area contributed by atoms with E-state index in [9.17, 15) is 18.0 Å². The first-order valence-corrected chi connectivity index (χ1v) is 9.71. The van der Waals surface area contributed by atoms with Crippen LogP contribution in [0.25, 0.3) is 22.0 Å². The monoisotopic (exact) mass is 437 g/mol. The van der Waals surface area contributed by atoms with Crippen LogP contribution in [0.15, 0.2) is 72.8 Å². The highest BCUT2D eigenvalue weighted by Gasteiger charge is 2.35. The van der Waals surface area contributed by atoms with Crippen LogP contribution < -0.4 is 5.32 Å². The van der Waals surface area contributed by atoms with Crippen molar-refractivity contribution in [3.63, 3.8) is 0 Å². The Morgan fingerprint density at radius 1 is 0.969 bits per heavy atom. The summed E-state index contributed by atoms with van der Waals surface area (Å²) in [6.45, 7) is 0.150. The third-order valence-corrected chi connectivity index (χ3v) is 4.89. The van der Waals surface area contributed by atoms with E-state index in [-0.39, 0.29) is 17.9 Å². The SMILES string of the molecule is COC(=O)c1cc(CNc2nc(C(F)(F)F)nc3ccccc23)ccc1-c1ccccc1. The number of methoxy groups -OCH3 is 1.